The van der Waals surface area contributed by atoms with Crippen LogP contribution in [0.1, 0.15) is 31.4 Å². The van der Waals surface area contributed by atoms with Gasteiger partial charge >= 0.3 is 0 Å². The van der Waals surface area contributed by atoms with E-state index >= 15 is 0 Å². The van der Waals surface area contributed by atoms with Crippen molar-refractivity contribution in [3.63, 3.8) is 0 Å². The zero-order chi connectivity index (χ0) is 20.6. The Morgan fingerprint density at radius 2 is 1.79 bits per heavy atom. The molecule has 0 saturated carbocycles. The number of ether oxygens (including phenoxy) is 2. The topological polar surface area (TPSA) is 74.1 Å². The fourth-order valence-electron chi connectivity index (χ4n) is 2.73. The van der Waals surface area contributed by atoms with Crippen LogP contribution in [-0.2, 0) is 19.7 Å². The van der Waals surface area contributed by atoms with Gasteiger partial charge < -0.3 is 14.8 Å². The number of halogens is 2. The first-order valence-electron chi connectivity index (χ1n) is 9.43. The number of hydrogen-bond acceptors (Lipinski definition) is 6. The number of anilines is 1. The summed E-state index contributed by atoms with van der Waals surface area (Å²) >= 11 is 12.7. The Balaban J connectivity index is 1.75. The molecule has 3 aromatic rings. The van der Waals surface area contributed by atoms with E-state index in [0.29, 0.717) is 47.3 Å². The second kappa shape index (κ2) is 10.3. The molecular formula is C20H23Cl2N5O2. The van der Waals surface area contributed by atoms with E-state index in [0.717, 1.165) is 24.1 Å². The van der Waals surface area contributed by atoms with Gasteiger partial charge in [0, 0.05) is 34.8 Å². The largest absolute Gasteiger partial charge is 0.490 e. The molecule has 7 nitrogen and oxygen atoms in total. The van der Waals surface area contributed by atoms with Crippen LogP contribution in [0, 0.1) is 0 Å². The third-order valence-electron chi connectivity index (χ3n) is 4.16. The number of aryl methyl sites for hydroxylation is 1. The van der Waals surface area contributed by atoms with E-state index in [9.17, 15) is 0 Å². The van der Waals surface area contributed by atoms with Gasteiger partial charge in [0.15, 0.2) is 11.5 Å². The van der Waals surface area contributed by atoms with Crippen molar-refractivity contribution >= 4 is 29.2 Å². The zero-order valence-corrected chi connectivity index (χ0v) is 17.9. The molecular weight excluding hydrogens is 413 g/mol. The first-order chi connectivity index (χ1) is 14.1. The standard InChI is InChI=1S/C20H23Cl2N5O2/c1-3-9-27-20(24-25-26-27)23-12-15-10-18(28-4-2)19(11-17(15)22)29-13-14-7-5-6-8-16(14)21/h5-8,10-11H,3-4,9,12-13H2,1-2H3,(H,23,24,26). The maximum Gasteiger partial charge on any atom is 0.243 e. The molecule has 0 aliphatic carbocycles. The van der Waals surface area contributed by atoms with Crippen molar-refractivity contribution in [3.8, 4) is 11.5 Å². The van der Waals surface area contributed by atoms with E-state index in [1.54, 1.807) is 10.7 Å². The first-order valence-corrected chi connectivity index (χ1v) is 10.2. The summed E-state index contributed by atoms with van der Waals surface area (Å²) in [5.41, 5.74) is 1.74. The first kappa shape index (κ1) is 21.2. The monoisotopic (exact) mass is 435 g/mol. The van der Waals surface area contributed by atoms with E-state index in [1.165, 1.54) is 0 Å². The summed E-state index contributed by atoms with van der Waals surface area (Å²) in [6.07, 6.45) is 0.937. The molecule has 154 valence electrons. The van der Waals surface area contributed by atoms with Gasteiger partial charge in [0.1, 0.15) is 6.61 Å². The van der Waals surface area contributed by atoms with E-state index in [1.807, 2.05) is 37.3 Å². The number of tetrazole rings is 1. The van der Waals surface area contributed by atoms with Crippen LogP contribution in [0.25, 0.3) is 0 Å². The van der Waals surface area contributed by atoms with Gasteiger partial charge in [0.05, 0.1) is 6.61 Å². The summed E-state index contributed by atoms with van der Waals surface area (Å²) < 4.78 is 13.4. The molecule has 9 heteroatoms. The fourth-order valence-corrected chi connectivity index (χ4v) is 3.14. The highest BCUT2D eigenvalue weighted by atomic mass is 35.5. The molecule has 29 heavy (non-hydrogen) atoms. The smallest absolute Gasteiger partial charge is 0.243 e. The van der Waals surface area contributed by atoms with Gasteiger partial charge in [-0.15, -0.1) is 0 Å². The molecule has 3 rings (SSSR count). The molecule has 0 bridgehead atoms. The number of nitrogens with zero attached hydrogens (tertiary/aromatic N) is 4. The SMILES string of the molecule is CCCn1nnnc1NCc1cc(OCC)c(OCc2ccccc2Cl)cc1Cl. The number of rotatable bonds is 10. The molecule has 0 aliphatic heterocycles. The van der Waals surface area contributed by atoms with Crippen molar-refractivity contribution in [2.45, 2.75) is 40.0 Å². The second-order valence-corrected chi connectivity index (χ2v) is 7.10. The number of hydrogen-bond donors (Lipinski definition) is 1. The highest BCUT2D eigenvalue weighted by molar-refractivity contribution is 6.31. The van der Waals surface area contributed by atoms with E-state index in [2.05, 4.69) is 27.8 Å². The molecule has 0 unspecified atom stereocenters. The lowest BCUT2D eigenvalue weighted by atomic mass is 10.2. The summed E-state index contributed by atoms with van der Waals surface area (Å²) in [5.74, 6) is 1.78. The van der Waals surface area contributed by atoms with Crippen LogP contribution in [0.5, 0.6) is 11.5 Å². The Morgan fingerprint density at radius 3 is 2.55 bits per heavy atom. The van der Waals surface area contributed by atoms with Crippen LogP contribution in [0.15, 0.2) is 36.4 Å². The van der Waals surface area contributed by atoms with Gasteiger partial charge in [0.2, 0.25) is 5.95 Å². The van der Waals surface area contributed by atoms with Crippen molar-refractivity contribution in [1.82, 2.24) is 20.2 Å². The van der Waals surface area contributed by atoms with Gasteiger partial charge in [-0.25, -0.2) is 4.68 Å². The molecule has 0 radical (unpaired) electrons. The molecule has 1 heterocycles. The number of benzene rings is 2. The summed E-state index contributed by atoms with van der Waals surface area (Å²) in [7, 11) is 0. The quantitative estimate of drug-likeness (QED) is 0.483. The van der Waals surface area contributed by atoms with Gasteiger partial charge in [-0.3, -0.25) is 0 Å². The summed E-state index contributed by atoms with van der Waals surface area (Å²) in [5, 5.41) is 16.1. The highest BCUT2D eigenvalue weighted by Gasteiger charge is 2.13. The molecule has 0 spiro atoms. The Bertz CT molecular complexity index is 948. The number of aromatic nitrogens is 4. The molecule has 1 N–H and O–H groups in total. The maximum atomic E-state index is 6.50. The Kier molecular flexibility index (Phi) is 7.55. The lowest BCUT2D eigenvalue weighted by molar-refractivity contribution is 0.269. The van der Waals surface area contributed by atoms with E-state index in [4.69, 9.17) is 32.7 Å². The van der Waals surface area contributed by atoms with Crippen LogP contribution in [0.4, 0.5) is 5.95 Å². The molecule has 0 aliphatic rings. The van der Waals surface area contributed by atoms with Gasteiger partial charge in [-0.2, -0.15) is 0 Å². The Hall–Kier alpha value is -2.51. The molecule has 1 aromatic heterocycles. The van der Waals surface area contributed by atoms with Crippen LogP contribution in [-0.4, -0.2) is 26.8 Å². The van der Waals surface area contributed by atoms with Crippen molar-refractivity contribution in [1.29, 1.82) is 0 Å². The minimum atomic E-state index is 0.319. The van der Waals surface area contributed by atoms with E-state index < -0.39 is 0 Å². The minimum Gasteiger partial charge on any atom is -0.490 e. The highest BCUT2D eigenvalue weighted by Crippen LogP contribution is 2.35. The average Bonchev–Trinajstić information content (AvgIpc) is 3.15. The lowest BCUT2D eigenvalue weighted by Crippen LogP contribution is -2.09. The van der Waals surface area contributed by atoms with Crippen LogP contribution < -0.4 is 14.8 Å². The fraction of sp³-hybridized carbons (Fsp3) is 0.350. The van der Waals surface area contributed by atoms with Gasteiger partial charge in [0.25, 0.3) is 0 Å². The third kappa shape index (κ3) is 5.52. The predicted molar refractivity (Wildman–Crippen MR) is 114 cm³/mol. The van der Waals surface area contributed by atoms with Crippen LogP contribution in [0.3, 0.4) is 0 Å². The van der Waals surface area contributed by atoms with Crippen molar-refractivity contribution in [2.24, 2.45) is 0 Å². The summed E-state index contributed by atoms with van der Waals surface area (Å²) in [6.45, 7) is 6.00. The third-order valence-corrected chi connectivity index (χ3v) is 4.88. The predicted octanol–water partition coefficient (Wildman–Crippen LogP) is 4.98. The maximum absolute atomic E-state index is 6.50. The molecule has 0 atom stereocenters. The summed E-state index contributed by atoms with van der Waals surface area (Å²) in [6, 6.07) is 11.2. The normalized spacial score (nSPS) is 10.8. The molecule has 0 fully saturated rings. The molecule has 0 saturated heterocycles. The minimum absolute atomic E-state index is 0.319. The van der Waals surface area contributed by atoms with Gasteiger partial charge in [-0.05, 0) is 41.5 Å². The van der Waals surface area contributed by atoms with Crippen molar-refractivity contribution in [2.75, 3.05) is 11.9 Å². The lowest BCUT2D eigenvalue weighted by Gasteiger charge is -2.16. The second-order valence-electron chi connectivity index (χ2n) is 6.28. The molecule has 2 aromatic carbocycles. The number of nitrogens with one attached hydrogen (secondary N) is 1. The van der Waals surface area contributed by atoms with E-state index in [-0.39, 0.29) is 0 Å². The van der Waals surface area contributed by atoms with Crippen molar-refractivity contribution < 1.29 is 9.47 Å². The van der Waals surface area contributed by atoms with Gasteiger partial charge in [-0.1, -0.05) is 53.4 Å². The van der Waals surface area contributed by atoms with Crippen molar-refractivity contribution in [3.05, 3.63) is 57.6 Å². The van der Waals surface area contributed by atoms with Crippen LogP contribution in [0.2, 0.25) is 10.0 Å². The Morgan fingerprint density at radius 1 is 1.00 bits per heavy atom. The average molecular weight is 436 g/mol. The molecule has 0 amide bonds. The Labute approximate surface area is 179 Å². The summed E-state index contributed by atoms with van der Waals surface area (Å²) in [4.78, 5) is 0. The zero-order valence-electron chi connectivity index (χ0n) is 16.4. The van der Waals surface area contributed by atoms with Crippen LogP contribution >= 0.6 is 23.2 Å².